The van der Waals surface area contributed by atoms with Crippen molar-refractivity contribution in [3.8, 4) is 11.5 Å². The standard InChI is InChI=1S/C22H18BrNO3/c1-26-22-12-10-17(14-19(22)23)20(25)11-9-16-6-2-3-8-21(16)27-15-18-7-4-5-13-24-18/h2-14H,15H2,1H3/b11-9+. The fourth-order valence-electron chi connectivity index (χ4n) is 2.47. The van der Waals surface area contributed by atoms with E-state index in [1.165, 1.54) is 6.08 Å². The Kier molecular flexibility index (Phi) is 6.39. The number of pyridine rings is 1. The predicted octanol–water partition coefficient (Wildman–Crippen LogP) is 5.33. The van der Waals surface area contributed by atoms with E-state index in [1.807, 2.05) is 42.5 Å². The van der Waals surface area contributed by atoms with E-state index >= 15 is 0 Å². The number of ketones is 1. The van der Waals surface area contributed by atoms with E-state index in [0.717, 1.165) is 15.7 Å². The first-order chi connectivity index (χ1) is 13.2. The van der Waals surface area contributed by atoms with E-state index in [9.17, 15) is 4.79 Å². The van der Waals surface area contributed by atoms with Gasteiger partial charge in [-0.3, -0.25) is 9.78 Å². The molecule has 0 N–H and O–H groups in total. The largest absolute Gasteiger partial charge is 0.496 e. The minimum Gasteiger partial charge on any atom is -0.496 e. The maximum atomic E-state index is 12.5. The molecule has 0 saturated carbocycles. The van der Waals surface area contributed by atoms with Crippen molar-refractivity contribution in [2.45, 2.75) is 6.61 Å². The topological polar surface area (TPSA) is 48.4 Å². The van der Waals surface area contributed by atoms with Gasteiger partial charge in [-0.15, -0.1) is 0 Å². The first-order valence-corrected chi connectivity index (χ1v) is 9.14. The molecule has 0 aliphatic carbocycles. The monoisotopic (exact) mass is 423 g/mol. The van der Waals surface area contributed by atoms with Gasteiger partial charge in [0.25, 0.3) is 0 Å². The highest BCUT2D eigenvalue weighted by atomic mass is 79.9. The molecule has 4 nitrogen and oxygen atoms in total. The molecule has 1 aromatic heterocycles. The molecular weight excluding hydrogens is 406 g/mol. The first-order valence-electron chi connectivity index (χ1n) is 8.35. The Morgan fingerprint density at radius 1 is 1.07 bits per heavy atom. The van der Waals surface area contributed by atoms with Crippen molar-refractivity contribution in [1.82, 2.24) is 4.98 Å². The van der Waals surface area contributed by atoms with Crippen molar-refractivity contribution in [3.63, 3.8) is 0 Å². The quantitative estimate of drug-likeness (QED) is 0.380. The number of carbonyl (C=O) groups excluding carboxylic acids is 1. The summed E-state index contributed by atoms with van der Waals surface area (Å²) < 4.78 is 11.8. The van der Waals surface area contributed by atoms with E-state index in [0.29, 0.717) is 23.7 Å². The molecule has 0 spiro atoms. The molecule has 27 heavy (non-hydrogen) atoms. The van der Waals surface area contributed by atoms with E-state index in [2.05, 4.69) is 20.9 Å². The van der Waals surface area contributed by atoms with Gasteiger partial charge in [-0.25, -0.2) is 0 Å². The van der Waals surface area contributed by atoms with E-state index in [4.69, 9.17) is 9.47 Å². The number of allylic oxidation sites excluding steroid dienone is 1. The average molecular weight is 424 g/mol. The van der Waals surface area contributed by atoms with E-state index < -0.39 is 0 Å². The summed E-state index contributed by atoms with van der Waals surface area (Å²) in [5.74, 6) is 1.28. The van der Waals surface area contributed by atoms with Gasteiger partial charge in [0.1, 0.15) is 18.1 Å². The first kappa shape index (κ1) is 18.9. The molecule has 0 saturated heterocycles. The highest BCUT2D eigenvalue weighted by molar-refractivity contribution is 9.10. The fourth-order valence-corrected chi connectivity index (χ4v) is 3.01. The van der Waals surface area contributed by atoms with Crippen molar-refractivity contribution in [2.24, 2.45) is 0 Å². The number of para-hydroxylation sites is 1. The van der Waals surface area contributed by atoms with E-state index in [-0.39, 0.29) is 5.78 Å². The SMILES string of the molecule is COc1ccc(C(=O)/C=C/c2ccccc2OCc2ccccn2)cc1Br. The Morgan fingerprint density at radius 3 is 2.63 bits per heavy atom. The summed E-state index contributed by atoms with van der Waals surface area (Å²) in [7, 11) is 1.59. The summed E-state index contributed by atoms with van der Waals surface area (Å²) in [4.78, 5) is 16.7. The highest BCUT2D eigenvalue weighted by Gasteiger charge is 2.07. The lowest BCUT2D eigenvalue weighted by Crippen LogP contribution is -1.99. The zero-order valence-corrected chi connectivity index (χ0v) is 16.3. The van der Waals surface area contributed by atoms with Crippen LogP contribution in [0.1, 0.15) is 21.6 Å². The molecule has 3 rings (SSSR count). The summed E-state index contributed by atoms with van der Waals surface area (Å²) in [6, 6.07) is 18.5. The summed E-state index contributed by atoms with van der Waals surface area (Å²) in [5.41, 5.74) is 2.25. The summed E-state index contributed by atoms with van der Waals surface area (Å²) in [6.45, 7) is 0.366. The zero-order valence-electron chi connectivity index (χ0n) is 14.8. The number of halogens is 1. The second-order valence-electron chi connectivity index (χ2n) is 5.69. The molecule has 0 bridgehead atoms. The van der Waals surface area contributed by atoms with Crippen LogP contribution in [0.4, 0.5) is 0 Å². The van der Waals surface area contributed by atoms with Crippen molar-refractivity contribution in [3.05, 3.63) is 94.2 Å². The fraction of sp³-hybridized carbons (Fsp3) is 0.0909. The molecule has 0 atom stereocenters. The summed E-state index contributed by atoms with van der Waals surface area (Å²) in [6.07, 6.45) is 5.03. The van der Waals surface area contributed by atoms with Gasteiger partial charge >= 0.3 is 0 Å². The van der Waals surface area contributed by atoms with Crippen LogP contribution in [-0.2, 0) is 6.61 Å². The molecule has 0 unspecified atom stereocenters. The highest BCUT2D eigenvalue weighted by Crippen LogP contribution is 2.26. The van der Waals surface area contributed by atoms with Crippen molar-refractivity contribution in [2.75, 3.05) is 7.11 Å². The van der Waals surface area contributed by atoms with Crippen molar-refractivity contribution >= 4 is 27.8 Å². The van der Waals surface area contributed by atoms with Crippen LogP contribution in [0, 0.1) is 0 Å². The van der Waals surface area contributed by atoms with Gasteiger partial charge < -0.3 is 9.47 Å². The zero-order chi connectivity index (χ0) is 19.1. The second-order valence-corrected chi connectivity index (χ2v) is 6.55. The Balaban J connectivity index is 1.73. The number of aromatic nitrogens is 1. The van der Waals surface area contributed by atoms with Gasteiger partial charge in [-0.2, -0.15) is 0 Å². The van der Waals surface area contributed by atoms with Gasteiger partial charge in [0.2, 0.25) is 0 Å². The lowest BCUT2D eigenvalue weighted by molar-refractivity contribution is 0.104. The Morgan fingerprint density at radius 2 is 1.89 bits per heavy atom. The van der Waals surface area contributed by atoms with Crippen LogP contribution in [0.2, 0.25) is 0 Å². The molecular formula is C22H18BrNO3. The molecule has 0 aliphatic rings. The predicted molar refractivity (Wildman–Crippen MR) is 109 cm³/mol. The minimum atomic E-state index is -0.0992. The average Bonchev–Trinajstić information content (AvgIpc) is 2.71. The Labute approximate surface area is 166 Å². The number of ether oxygens (including phenoxy) is 2. The third-order valence-corrected chi connectivity index (χ3v) is 4.49. The number of carbonyl (C=O) groups is 1. The minimum absolute atomic E-state index is 0.0992. The van der Waals surface area contributed by atoms with Crippen LogP contribution >= 0.6 is 15.9 Å². The molecule has 0 amide bonds. The van der Waals surface area contributed by atoms with Crippen LogP contribution in [0.5, 0.6) is 11.5 Å². The lowest BCUT2D eigenvalue weighted by Gasteiger charge is -2.08. The molecule has 0 fully saturated rings. The van der Waals surface area contributed by atoms with Gasteiger partial charge in [-0.1, -0.05) is 24.3 Å². The van der Waals surface area contributed by atoms with Crippen LogP contribution in [0.25, 0.3) is 6.08 Å². The van der Waals surface area contributed by atoms with Crippen LogP contribution in [-0.4, -0.2) is 17.9 Å². The molecule has 0 aliphatic heterocycles. The normalized spacial score (nSPS) is 10.7. The molecule has 1 heterocycles. The number of hydrogen-bond acceptors (Lipinski definition) is 4. The molecule has 0 radical (unpaired) electrons. The van der Waals surface area contributed by atoms with Gasteiger partial charge in [0, 0.05) is 17.3 Å². The molecule has 2 aromatic carbocycles. The van der Waals surface area contributed by atoms with Gasteiger partial charge in [0.15, 0.2) is 5.78 Å². The number of benzene rings is 2. The van der Waals surface area contributed by atoms with Crippen LogP contribution in [0.3, 0.4) is 0 Å². The number of methoxy groups -OCH3 is 1. The molecule has 136 valence electrons. The van der Waals surface area contributed by atoms with Gasteiger partial charge in [-0.05, 0) is 64.5 Å². The maximum absolute atomic E-state index is 12.5. The van der Waals surface area contributed by atoms with Crippen LogP contribution < -0.4 is 9.47 Å². The molecule has 5 heteroatoms. The summed E-state index contributed by atoms with van der Waals surface area (Å²) in [5, 5.41) is 0. The number of rotatable bonds is 7. The summed E-state index contributed by atoms with van der Waals surface area (Å²) >= 11 is 3.40. The van der Waals surface area contributed by atoms with Crippen LogP contribution in [0.15, 0.2) is 77.4 Å². The number of nitrogens with zero attached hydrogens (tertiary/aromatic N) is 1. The third-order valence-electron chi connectivity index (χ3n) is 3.87. The van der Waals surface area contributed by atoms with Crippen molar-refractivity contribution in [1.29, 1.82) is 0 Å². The molecule has 3 aromatic rings. The van der Waals surface area contributed by atoms with E-state index in [1.54, 1.807) is 37.6 Å². The van der Waals surface area contributed by atoms with Gasteiger partial charge in [0.05, 0.1) is 17.3 Å². The van der Waals surface area contributed by atoms with Crippen molar-refractivity contribution < 1.29 is 14.3 Å². The Hall–Kier alpha value is -2.92. The number of hydrogen-bond donors (Lipinski definition) is 0. The lowest BCUT2D eigenvalue weighted by atomic mass is 10.1. The third kappa shape index (κ3) is 5.05. The second kappa shape index (κ2) is 9.14. The maximum Gasteiger partial charge on any atom is 0.185 e. The smallest absolute Gasteiger partial charge is 0.185 e. The Bertz CT molecular complexity index is 955.